The third-order valence-electron chi connectivity index (χ3n) is 4.37. The van der Waals surface area contributed by atoms with Gasteiger partial charge in [-0.3, -0.25) is 0 Å². The van der Waals surface area contributed by atoms with E-state index in [0.717, 1.165) is 6.42 Å². The Labute approximate surface area is 150 Å². The van der Waals surface area contributed by atoms with Gasteiger partial charge in [0.15, 0.2) is 0 Å². The second kappa shape index (κ2) is 12.5. The second-order valence-electron chi connectivity index (χ2n) is 5.80. The Morgan fingerprint density at radius 2 is 1.62 bits per heavy atom. The smallest absolute Gasteiger partial charge is 0.381 e. The van der Waals surface area contributed by atoms with Gasteiger partial charge < -0.3 is 39.0 Å². The zero-order valence-corrected chi connectivity index (χ0v) is 19.0. The van der Waals surface area contributed by atoms with Crippen LogP contribution in [-0.4, -0.2) is 85.8 Å². The predicted molar refractivity (Wildman–Crippen MR) is 98.8 cm³/mol. The van der Waals surface area contributed by atoms with Crippen molar-refractivity contribution in [3.05, 3.63) is 0 Å². The van der Waals surface area contributed by atoms with Crippen LogP contribution in [0.25, 0.3) is 0 Å². The molecular formula is C14H36N2O6Si2. The van der Waals surface area contributed by atoms with Crippen molar-refractivity contribution in [2.75, 3.05) is 55.2 Å². The van der Waals surface area contributed by atoms with E-state index in [2.05, 4.69) is 0 Å². The molecule has 4 N–H and O–H groups in total. The molecule has 2 atom stereocenters. The van der Waals surface area contributed by atoms with Gasteiger partial charge in [0.05, 0.1) is 16.3 Å². The summed E-state index contributed by atoms with van der Waals surface area (Å²) in [5.74, 6) is -0.00179. The van der Waals surface area contributed by atoms with Crippen LogP contribution < -0.4 is 11.5 Å². The molecule has 0 fully saturated rings. The third-order valence-corrected chi connectivity index (χ3v) is 8.51. The van der Waals surface area contributed by atoms with E-state index in [4.69, 9.17) is 39.0 Å². The Bertz CT molecular complexity index is 320. The molecule has 0 bridgehead atoms. The van der Waals surface area contributed by atoms with Crippen LogP contribution in [0.15, 0.2) is 0 Å². The molecule has 24 heavy (non-hydrogen) atoms. The second-order valence-corrected chi connectivity index (χ2v) is 10.2. The first kappa shape index (κ1) is 24.1. The first-order chi connectivity index (χ1) is 11.4. The van der Waals surface area contributed by atoms with Crippen molar-refractivity contribution in [2.24, 2.45) is 17.4 Å². The van der Waals surface area contributed by atoms with E-state index in [-0.39, 0.29) is 12.0 Å². The number of hydrogen-bond acceptors (Lipinski definition) is 8. The quantitative estimate of drug-likeness (QED) is 0.208. The Hall–Kier alpha value is 0.114. The monoisotopic (exact) mass is 384 g/mol. The lowest BCUT2D eigenvalue weighted by atomic mass is 10.0. The van der Waals surface area contributed by atoms with Crippen molar-refractivity contribution < 1.29 is 27.5 Å². The molecule has 0 heterocycles. The fraction of sp³-hybridized carbons (Fsp3) is 1.00. The van der Waals surface area contributed by atoms with Gasteiger partial charge in [-0.15, -0.1) is 0 Å². The maximum Gasteiger partial charge on any atom is 0.500 e. The van der Waals surface area contributed by atoms with Crippen LogP contribution in [0.1, 0.15) is 12.8 Å². The Morgan fingerprint density at radius 1 is 1.04 bits per heavy atom. The Balaban J connectivity index is 5.09. The maximum atomic E-state index is 6.01. The molecule has 0 amide bonds. The normalized spacial score (nSPS) is 15.6. The van der Waals surface area contributed by atoms with Gasteiger partial charge in [0, 0.05) is 60.5 Å². The predicted octanol–water partition coefficient (Wildman–Crippen LogP) is -1.12. The van der Waals surface area contributed by atoms with Gasteiger partial charge in [0.2, 0.25) is 0 Å². The van der Waals surface area contributed by atoms with E-state index < -0.39 is 14.2 Å². The molecule has 0 radical (unpaired) electrons. The molecule has 0 saturated heterocycles. The number of rotatable bonds is 15. The average molecular weight is 385 g/mol. The first-order valence-corrected chi connectivity index (χ1v) is 11.1. The number of ether oxygens (including phenoxy) is 3. The number of methoxy groups -OCH3 is 3. The molecular weight excluding hydrogens is 348 g/mol. The highest BCUT2D eigenvalue weighted by molar-refractivity contribution is 6.60. The highest BCUT2D eigenvalue weighted by Crippen LogP contribution is 2.28. The maximum absolute atomic E-state index is 6.01. The number of hydrogen-bond donors (Lipinski definition) is 2. The summed E-state index contributed by atoms with van der Waals surface area (Å²) < 4.78 is 33.9. The minimum atomic E-state index is -2.83. The topological polar surface area (TPSA) is 107 Å². The zero-order valence-electron chi connectivity index (χ0n) is 16.0. The molecule has 2 unspecified atom stereocenters. The first-order valence-electron chi connectivity index (χ1n) is 8.17. The average Bonchev–Trinajstić information content (AvgIpc) is 2.63. The largest absolute Gasteiger partial charge is 0.500 e. The lowest BCUT2D eigenvalue weighted by Gasteiger charge is -2.36. The standard InChI is InChI=1S/C14H36N2O6Si2/c1-17-13(9-14(23,18-2)19-3)12(10-16)11-24(20-4,21-5)22-8-6-7-15/h12-13H,6-11,15-16H2,1-5,23H3. The Morgan fingerprint density at radius 3 is 2.00 bits per heavy atom. The van der Waals surface area contributed by atoms with Crippen molar-refractivity contribution in [1.29, 1.82) is 0 Å². The summed E-state index contributed by atoms with van der Waals surface area (Å²) in [6.07, 6.45) is 1.19. The van der Waals surface area contributed by atoms with E-state index in [1.807, 2.05) is 0 Å². The third kappa shape index (κ3) is 7.56. The molecule has 146 valence electrons. The van der Waals surface area contributed by atoms with Gasteiger partial charge in [0.1, 0.15) is 5.41 Å². The minimum absolute atomic E-state index is 0.00179. The van der Waals surface area contributed by atoms with Crippen LogP contribution in [-0.2, 0) is 27.5 Å². The zero-order chi connectivity index (χ0) is 18.6. The summed E-state index contributed by atoms with van der Waals surface area (Å²) in [5, 5.41) is 0. The lowest BCUT2D eigenvalue weighted by molar-refractivity contribution is -0.167. The van der Waals surface area contributed by atoms with Gasteiger partial charge >= 0.3 is 8.80 Å². The van der Waals surface area contributed by atoms with Crippen LogP contribution in [0.4, 0.5) is 0 Å². The molecule has 0 aliphatic rings. The Kier molecular flexibility index (Phi) is 12.5. The fourth-order valence-corrected chi connectivity index (χ4v) is 5.27. The van der Waals surface area contributed by atoms with E-state index in [1.165, 1.54) is 0 Å². The molecule has 0 aromatic carbocycles. The molecule has 0 aromatic heterocycles. The summed E-state index contributed by atoms with van der Waals surface area (Å²) in [5.41, 5.74) is 10.9. The van der Waals surface area contributed by atoms with Crippen LogP contribution in [0, 0.1) is 5.92 Å². The van der Waals surface area contributed by atoms with E-state index >= 15 is 0 Å². The van der Waals surface area contributed by atoms with Crippen molar-refractivity contribution in [1.82, 2.24) is 0 Å². The summed E-state index contributed by atoms with van der Waals surface area (Å²) in [7, 11) is 6.03. The summed E-state index contributed by atoms with van der Waals surface area (Å²) in [6.45, 7) is 1.48. The molecule has 0 aromatic rings. The molecule has 0 aliphatic carbocycles. The van der Waals surface area contributed by atoms with Gasteiger partial charge in [-0.25, -0.2) is 0 Å². The minimum Gasteiger partial charge on any atom is -0.381 e. The van der Waals surface area contributed by atoms with Gasteiger partial charge in [0.25, 0.3) is 0 Å². The van der Waals surface area contributed by atoms with Crippen LogP contribution in [0.2, 0.25) is 6.04 Å². The highest BCUT2D eigenvalue weighted by atomic mass is 28.4. The van der Waals surface area contributed by atoms with E-state index in [9.17, 15) is 0 Å². The van der Waals surface area contributed by atoms with E-state index in [0.29, 0.717) is 42.4 Å². The van der Waals surface area contributed by atoms with Crippen molar-refractivity contribution in [3.63, 3.8) is 0 Å². The van der Waals surface area contributed by atoms with Gasteiger partial charge in [-0.1, -0.05) is 0 Å². The summed E-state index contributed by atoms with van der Waals surface area (Å²) in [6, 6.07) is 0.560. The van der Waals surface area contributed by atoms with Crippen molar-refractivity contribution >= 4 is 19.0 Å². The molecule has 0 spiro atoms. The van der Waals surface area contributed by atoms with Gasteiger partial charge in [-0.05, 0) is 19.5 Å². The number of nitrogens with two attached hydrogens (primary N) is 2. The summed E-state index contributed by atoms with van der Waals surface area (Å²) in [4.78, 5) is 0. The molecule has 0 rings (SSSR count). The molecule has 0 saturated carbocycles. The van der Waals surface area contributed by atoms with Crippen LogP contribution in [0.3, 0.4) is 0 Å². The lowest BCUT2D eigenvalue weighted by Crippen LogP contribution is -2.50. The molecule has 8 nitrogen and oxygen atoms in total. The SMILES string of the molecule is COC(CC([SiH3])(OC)OC)C(CN)C[Si](OC)(OC)OCCCN. The highest BCUT2D eigenvalue weighted by Gasteiger charge is 2.44. The van der Waals surface area contributed by atoms with Crippen LogP contribution in [0.5, 0.6) is 0 Å². The molecule has 10 heteroatoms. The summed E-state index contributed by atoms with van der Waals surface area (Å²) >= 11 is 0. The van der Waals surface area contributed by atoms with Gasteiger partial charge in [-0.2, -0.15) is 0 Å². The fourth-order valence-electron chi connectivity index (χ4n) is 2.48. The van der Waals surface area contributed by atoms with Crippen LogP contribution >= 0.6 is 0 Å². The van der Waals surface area contributed by atoms with Crippen molar-refractivity contribution in [2.45, 2.75) is 30.4 Å². The van der Waals surface area contributed by atoms with Crippen molar-refractivity contribution in [3.8, 4) is 0 Å². The molecule has 0 aliphatic heterocycles. The van der Waals surface area contributed by atoms with E-state index in [1.54, 1.807) is 35.5 Å².